The molecule has 0 aliphatic carbocycles. The Morgan fingerprint density at radius 1 is 1.29 bits per heavy atom. The normalized spacial score (nSPS) is 18.5. The van der Waals surface area contributed by atoms with Crippen LogP contribution in [0.3, 0.4) is 0 Å². The fourth-order valence-electron chi connectivity index (χ4n) is 3.61. The monoisotopic (exact) mass is 340 g/mol. The summed E-state index contributed by atoms with van der Waals surface area (Å²) in [6.45, 7) is 2.71. The first-order valence-electron chi connectivity index (χ1n) is 8.10. The van der Waals surface area contributed by atoms with E-state index in [2.05, 4.69) is 5.32 Å². The quantitative estimate of drug-likeness (QED) is 0.898. The van der Waals surface area contributed by atoms with Crippen molar-refractivity contribution in [2.45, 2.75) is 25.7 Å². The van der Waals surface area contributed by atoms with E-state index in [1.165, 1.54) is 0 Å². The Morgan fingerprint density at radius 3 is 2.88 bits per heavy atom. The van der Waals surface area contributed by atoms with Crippen LogP contribution in [0.25, 0.3) is 0 Å². The Hall–Kier alpha value is -2.33. The summed E-state index contributed by atoms with van der Waals surface area (Å²) in [6.07, 6.45) is 1.88. The standard InChI is InChI=1S/C19H17ClN2O2/c1-11-15-10-13(21-18(23)14-6-2-3-7-16(14)20)9-12-5-4-8-22(17(12)15)19(11)24/h2-3,6-7,9-11H,4-5,8H2,1H3,(H,21,23)/t11-/m0/s1. The molecule has 2 aromatic rings. The number of nitrogens with one attached hydrogen (secondary N) is 1. The topological polar surface area (TPSA) is 49.4 Å². The number of nitrogens with zero attached hydrogens (tertiary/aromatic N) is 1. The molecule has 2 aromatic carbocycles. The first kappa shape index (κ1) is 15.2. The molecule has 1 N–H and O–H groups in total. The van der Waals surface area contributed by atoms with Gasteiger partial charge in [-0.2, -0.15) is 0 Å². The molecule has 0 aromatic heterocycles. The Bertz CT molecular complexity index is 862. The third kappa shape index (κ3) is 2.29. The van der Waals surface area contributed by atoms with E-state index in [0.29, 0.717) is 10.6 Å². The summed E-state index contributed by atoms with van der Waals surface area (Å²) in [5, 5.41) is 3.35. The molecule has 0 radical (unpaired) electrons. The molecule has 0 bridgehead atoms. The van der Waals surface area contributed by atoms with E-state index in [1.807, 2.05) is 24.0 Å². The summed E-state index contributed by atoms with van der Waals surface area (Å²) in [5.74, 6) is -0.244. The third-order valence-electron chi connectivity index (χ3n) is 4.80. The maximum atomic E-state index is 12.5. The number of halogens is 1. The molecule has 2 aliphatic heterocycles. The van der Waals surface area contributed by atoms with E-state index in [-0.39, 0.29) is 17.7 Å². The maximum Gasteiger partial charge on any atom is 0.257 e. The number of amides is 2. The van der Waals surface area contributed by atoms with Crippen LogP contribution in [-0.4, -0.2) is 18.4 Å². The van der Waals surface area contributed by atoms with Gasteiger partial charge in [-0.1, -0.05) is 23.7 Å². The molecular formula is C19H17ClN2O2. The zero-order chi connectivity index (χ0) is 16.8. The van der Waals surface area contributed by atoms with Gasteiger partial charge in [-0.3, -0.25) is 9.59 Å². The molecule has 1 atom stereocenters. The van der Waals surface area contributed by atoms with Crippen molar-refractivity contribution in [3.8, 4) is 0 Å². The first-order chi connectivity index (χ1) is 11.6. The average molecular weight is 341 g/mol. The predicted octanol–water partition coefficient (Wildman–Crippen LogP) is 3.99. The second-order valence-corrected chi connectivity index (χ2v) is 6.73. The Labute approximate surface area is 145 Å². The van der Waals surface area contributed by atoms with Gasteiger partial charge in [0.1, 0.15) is 0 Å². The Morgan fingerprint density at radius 2 is 2.08 bits per heavy atom. The minimum atomic E-state index is -0.239. The molecule has 0 unspecified atom stereocenters. The highest BCUT2D eigenvalue weighted by atomic mass is 35.5. The van der Waals surface area contributed by atoms with Gasteiger partial charge in [0.05, 0.1) is 22.2 Å². The smallest absolute Gasteiger partial charge is 0.257 e. The zero-order valence-corrected chi connectivity index (χ0v) is 14.1. The maximum absolute atomic E-state index is 12.5. The number of hydrogen-bond donors (Lipinski definition) is 1. The highest BCUT2D eigenvalue weighted by Crippen LogP contribution is 2.44. The summed E-state index contributed by atoms with van der Waals surface area (Å²) in [7, 11) is 0. The summed E-state index contributed by atoms with van der Waals surface area (Å²) >= 11 is 6.10. The van der Waals surface area contributed by atoms with E-state index in [1.54, 1.807) is 24.3 Å². The average Bonchev–Trinajstić information content (AvgIpc) is 2.82. The van der Waals surface area contributed by atoms with Gasteiger partial charge in [-0.25, -0.2) is 0 Å². The fraction of sp³-hybridized carbons (Fsp3) is 0.263. The number of aryl methyl sites for hydroxylation is 1. The van der Waals surface area contributed by atoms with Crippen molar-refractivity contribution in [1.29, 1.82) is 0 Å². The van der Waals surface area contributed by atoms with Gasteiger partial charge in [0.2, 0.25) is 5.91 Å². The molecular weight excluding hydrogens is 324 g/mol. The van der Waals surface area contributed by atoms with Gasteiger partial charge >= 0.3 is 0 Å². The van der Waals surface area contributed by atoms with E-state index < -0.39 is 0 Å². The van der Waals surface area contributed by atoms with Crippen molar-refractivity contribution < 1.29 is 9.59 Å². The van der Waals surface area contributed by atoms with Crippen molar-refractivity contribution in [3.63, 3.8) is 0 Å². The SMILES string of the molecule is C[C@@H]1C(=O)N2CCCc3cc(NC(=O)c4ccccc4Cl)cc1c32. The molecule has 2 heterocycles. The number of rotatable bonds is 2. The molecule has 122 valence electrons. The second kappa shape index (κ2) is 5.64. The van der Waals surface area contributed by atoms with Gasteiger partial charge in [-0.05, 0) is 55.2 Å². The Balaban J connectivity index is 1.70. The summed E-state index contributed by atoms with van der Waals surface area (Å²) in [6, 6.07) is 10.9. The van der Waals surface area contributed by atoms with Gasteiger partial charge in [-0.15, -0.1) is 0 Å². The summed E-state index contributed by atoms with van der Waals surface area (Å²) in [4.78, 5) is 26.8. The lowest BCUT2D eigenvalue weighted by atomic mass is 9.96. The van der Waals surface area contributed by atoms with Gasteiger partial charge < -0.3 is 10.2 Å². The largest absolute Gasteiger partial charge is 0.322 e. The summed E-state index contributed by atoms with van der Waals surface area (Å²) in [5.41, 5.74) is 4.35. The number of carbonyl (C=O) groups is 2. The molecule has 0 saturated carbocycles. The molecule has 4 rings (SSSR count). The van der Waals surface area contributed by atoms with Crippen LogP contribution in [0, 0.1) is 0 Å². The minimum absolute atomic E-state index is 0.153. The van der Waals surface area contributed by atoms with Crippen LogP contribution >= 0.6 is 11.6 Å². The molecule has 0 fully saturated rings. The number of anilines is 2. The van der Waals surface area contributed by atoms with Gasteiger partial charge in [0.25, 0.3) is 5.91 Å². The van der Waals surface area contributed by atoms with Crippen molar-refractivity contribution in [2.75, 3.05) is 16.8 Å². The van der Waals surface area contributed by atoms with Crippen LogP contribution in [0.15, 0.2) is 36.4 Å². The second-order valence-electron chi connectivity index (χ2n) is 6.32. The predicted molar refractivity (Wildman–Crippen MR) is 94.9 cm³/mol. The molecule has 0 saturated heterocycles. The fourth-order valence-corrected chi connectivity index (χ4v) is 3.83. The van der Waals surface area contributed by atoms with Gasteiger partial charge in [0, 0.05) is 12.2 Å². The number of carbonyl (C=O) groups excluding carboxylic acids is 2. The molecule has 5 heteroatoms. The van der Waals surface area contributed by atoms with E-state index in [0.717, 1.165) is 41.9 Å². The molecule has 2 amide bonds. The van der Waals surface area contributed by atoms with Crippen molar-refractivity contribution in [2.24, 2.45) is 0 Å². The molecule has 24 heavy (non-hydrogen) atoms. The van der Waals surface area contributed by atoms with E-state index >= 15 is 0 Å². The zero-order valence-electron chi connectivity index (χ0n) is 13.3. The van der Waals surface area contributed by atoms with Crippen LogP contribution in [0.1, 0.15) is 40.7 Å². The van der Waals surface area contributed by atoms with Crippen LogP contribution in [-0.2, 0) is 11.2 Å². The van der Waals surface area contributed by atoms with Crippen LogP contribution in [0.5, 0.6) is 0 Å². The highest BCUT2D eigenvalue weighted by Gasteiger charge is 2.37. The van der Waals surface area contributed by atoms with Gasteiger partial charge in [0.15, 0.2) is 0 Å². The molecule has 4 nitrogen and oxygen atoms in total. The molecule has 2 aliphatic rings. The number of hydrogen-bond acceptors (Lipinski definition) is 2. The summed E-state index contributed by atoms with van der Waals surface area (Å²) < 4.78 is 0. The van der Waals surface area contributed by atoms with E-state index in [4.69, 9.17) is 11.6 Å². The van der Waals surface area contributed by atoms with Crippen molar-refractivity contribution in [3.05, 3.63) is 58.1 Å². The first-order valence-corrected chi connectivity index (χ1v) is 8.48. The number of benzene rings is 2. The van der Waals surface area contributed by atoms with Crippen LogP contribution < -0.4 is 10.2 Å². The van der Waals surface area contributed by atoms with E-state index in [9.17, 15) is 9.59 Å². The lowest BCUT2D eigenvalue weighted by Crippen LogP contribution is -2.32. The van der Waals surface area contributed by atoms with Crippen molar-refractivity contribution in [1.82, 2.24) is 0 Å². The highest BCUT2D eigenvalue weighted by molar-refractivity contribution is 6.34. The Kier molecular flexibility index (Phi) is 3.57. The van der Waals surface area contributed by atoms with Crippen LogP contribution in [0.4, 0.5) is 11.4 Å². The lowest BCUT2D eigenvalue weighted by molar-refractivity contribution is -0.119. The van der Waals surface area contributed by atoms with Crippen LogP contribution in [0.2, 0.25) is 5.02 Å². The lowest BCUT2D eigenvalue weighted by Gasteiger charge is -2.26. The molecule has 0 spiro atoms. The van der Waals surface area contributed by atoms with Crippen molar-refractivity contribution >= 4 is 34.8 Å². The minimum Gasteiger partial charge on any atom is -0.322 e. The third-order valence-corrected chi connectivity index (χ3v) is 5.12.